The zero-order valence-electron chi connectivity index (χ0n) is 27.8. The third kappa shape index (κ3) is 3.93. The van der Waals surface area contributed by atoms with E-state index in [0.717, 1.165) is 27.6 Å². The van der Waals surface area contributed by atoms with Gasteiger partial charge in [0.15, 0.2) is 0 Å². The minimum absolute atomic E-state index is 0.437. The topological polar surface area (TPSA) is 18.1 Å². The minimum Gasteiger partial charge on any atom is -0.456 e. The number of hydrogen-bond acceptors (Lipinski definition) is 1. The first-order valence-corrected chi connectivity index (χ1v) is 17.6. The first kappa shape index (κ1) is 28.2. The highest BCUT2D eigenvalue weighted by atomic mass is 16.3. The van der Waals surface area contributed by atoms with Crippen molar-refractivity contribution in [1.82, 2.24) is 4.57 Å². The number of aromatic nitrogens is 1. The van der Waals surface area contributed by atoms with Gasteiger partial charge in [-0.15, -0.1) is 0 Å². The molecule has 8 aromatic carbocycles. The molecule has 51 heavy (non-hydrogen) atoms. The third-order valence-electron chi connectivity index (χ3n) is 11.1. The molecular formula is C49H31NO. The maximum Gasteiger partial charge on any atom is 0.136 e. The summed E-state index contributed by atoms with van der Waals surface area (Å²) in [4.78, 5) is 0. The van der Waals surface area contributed by atoms with Gasteiger partial charge in [-0.25, -0.2) is 0 Å². The molecule has 0 spiro atoms. The fraction of sp³-hybridized carbons (Fsp3) is 0.0204. The lowest BCUT2D eigenvalue weighted by atomic mass is 9.67. The van der Waals surface area contributed by atoms with Gasteiger partial charge in [-0.05, 0) is 93.0 Å². The highest BCUT2D eigenvalue weighted by Crippen LogP contribution is 2.56. The summed E-state index contributed by atoms with van der Waals surface area (Å²) >= 11 is 0. The fourth-order valence-electron chi connectivity index (χ4n) is 8.90. The van der Waals surface area contributed by atoms with Crippen LogP contribution in [0.15, 0.2) is 192 Å². The van der Waals surface area contributed by atoms with Crippen molar-refractivity contribution in [2.75, 3.05) is 0 Å². The van der Waals surface area contributed by atoms with Gasteiger partial charge in [0.1, 0.15) is 11.2 Å². The van der Waals surface area contributed by atoms with Gasteiger partial charge in [0.25, 0.3) is 0 Å². The van der Waals surface area contributed by atoms with Crippen LogP contribution in [-0.4, -0.2) is 4.57 Å². The van der Waals surface area contributed by atoms with Crippen molar-refractivity contribution in [3.05, 3.63) is 210 Å². The molecule has 0 bridgehead atoms. The van der Waals surface area contributed by atoms with Crippen LogP contribution in [0.4, 0.5) is 0 Å². The van der Waals surface area contributed by atoms with E-state index in [9.17, 15) is 0 Å². The van der Waals surface area contributed by atoms with Gasteiger partial charge in [0, 0.05) is 27.2 Å². The third-order valence-corrected chi connectivity index (χ3v) is 11.1. The van der Waals surface area contributed by atoms with Crippen LogP contribution in [0.1, 0.15) is 22.3 Å². The van der Waals surface area contributed by atoms with Crippen molar-refractivity contribution in [1.29, 1.82) is 0 Å². The van der Waals surface area contributed by atoms with Gasteiger partial charge in [0.05, 0.1) is 16.4 Å². The van der Waals surface area contributed by atoms with Crippen molar-refractivity contribution in [3.63, 3.8) is 0 Å². The van der Waals surface area contributed by atoms with Crippen LogP contribution >= 0.6 is 0 Å². The molecule has 0 saturated carbocycles. The SMILES string of the molecule is c1ccc(-n2c3ccccc3c3cc4oc5ccc(-c6ccc7c(c6)C(c6ccccc6)(c6ccccc6)c6ccccc6-7)cc5c4cc32)cc1. The van der Waals surface area contributed by atoms with E-state index in [-0.39, 0.29) is 0 Å². The predicted octanol–water partition coefficient (Wildman–Crippen LogP) is 12.7. The molecule has 2 aromatic heterocycles. The van der Waals surface area contributed by atoms with Crippen molar-refractivity contribution in [3.8, 4) is 27.9 Å². The molecule has 2 heteroatoms. The normalized spacial score (nSPS) is 13.3. The van der Waals surface area contributed by atoms with E-state index in [1.165, 1.54) is 66.3 Å². The van der Waals surface area contributed by atoms with Crippen LogP contribution in [0.2, 0.25) is 0 Å². The number of para-hydroxylation sites is 2. The van der Waals surface area contributed by atoms with Crippen LogP contribution in [0.5, 0.6) is 0 Å². The zero-order chi connectivity index (χ0) is 33.5. The monoisotopic (exact) mass is 649 g/mol. The number of benzene rings is 8. The fourth-order valence-corrected chi connectivity index (χ4v) is 8.90. The molecule has 1 aliphatic carbocycles. The summed E-state index contributed by atoms with van der Waals surface area (Å²) in [5.41, 5.74) is 15.0. The quantitative estimate of drug-likeness (QED) is 0.186. The molecule has 11 rings (SSSR count). The minimum atomic E-state index is -0.437. The van der Waals surface area contributed by atoms with Gasteiger partial charge in [-0.3, -0.25) is 0 Å². The van der Waals surface area contributed by atoms with E-state index < -0.39 is 5.41 Å². The first-order valence-electron chi connectivity index (χ1n) is 17.6. The van der Waals surface area contributed by atoms with Gasteiger partial charge >= 0.3 is 0 Å². The maximum atomic E-state index is 6.57. The lowest BCUT2D eigenvalue weighted by molar-refractivity contribution is 0.669. The summed E-state index contributed by atoms with van der Waals surface area (Å²) in [5, 5.41) is 4.66. The highest BCUT2D eigenvalue weighted by molar-refractivity contribution is 6.17. The molecule has 0 N–H and O–H groups in total. The summed E-state index contributed by atoms with van der Waals surface area (Å²) in [7, 11) is 0. The van der Waals surface area contributed by atoms with Crippen molar-refractivity contribution >= 4 is 43.7 Å². The van der Waals surface area contributed by atoms with Crippen LogP contribution in [0.25, 0.3) is 71.7 Å². The van der Waals surface area contributed by atoms with Crippen molar-refractivity contribution < 1.29 is 4.42 Å². The molecule has 2 heterocycles. The maximum absolute atomic E-state index is 6.57. The number of fused-ring (bicyclic) bond motifs is 9. The lowest BCUT2D eigenvalue weighted by Gasteiger charge is -2.34. The summed E-state index contributed by atoms with van der Waals surface area (Å²) in [5.74, 6) is 0. The highest BCUT2D eigenvalue weighted by Gasteiger charge is 2.46. The smallest absolute Gasteiger partial charge is 0.136 e. The van der Waals surface area contributed by atoms with Gasteiger partial charge in [-0.2, -0.15) is 0 Å². The second kappa shape index (κ2) is 10.7. The zero-order valence-corrected chi connectivity index (χ0v) is 27.8. The largest absolute Gasteiger partial charge is 0.456 e. The number of furan rings is 1. The van der Waals surface area contributed by atoms with E-state index in [2.05, 4.69) is 193 Å². The standard InChI is InChI=1S/C49H31NO/c1-4-14-34(15-5-1)49(35-16-6-2-7-17-35)43-22-12-10-20-37(43)38-26-24-33(29-44(38)49)32-25-27-47-41(28-32)42-30-46-40(31-48(42)51-47)39-21-11-13-23-45(39)50(46)36-18-8-3-9-19-36/h1-31H. The van der Waals surface area contributed by atoms with Gasteiger partial charge in [-0.1, -0.05) is 140 Å². The van der Waals surface area contributed by atoms with Gasteiger partial charge < -0.3 is 8.98 Å². The molecule has 2 nitrogen and oxygen atoms in total. The summed E-state index contributed by atoms with van der Waals surface area (Å²) < 4.78 is 8.94. The Balaban J connectivity index is 1.15. The Bertz CT molecular complexity index is 2910. The Morgan fingerprint density at radius 2 is 0.980 bits per heavy atom. The van der Waals surface area contributed by atoms with Crippen molar-refractivity contribution in [2.24, 2.45) is 0 Å². The summed E-state index contributed by atoms with van der Waals surface area (Å²) in [6, 6.07) is 68.5. The Labute approximate surface area is 295 Å². The number of hydrogen-bond donors (Lipinski definition) is 0. The molecule has 0 atom stereocenters. The van der Waals surface area contributed by atoms with Crippen LogP contribution in [-0.2, 0) is 5.41 Å². The lowest BCUT2D eigenvalue weighted by Crippen LogP contribution is -2.28. The molecule has 238 valence electrons. The summed E-state index contributed by atoms with van der Waals surface area (Å²) in [6.07, 6.45) is 0. The van der Waals surface area contributed by atoms with Crippen LogP contribution in [0, 0.1) is 0 Å². The second-order valence-corrected chi connectivity index (χ2v) is 13.7. The Morgan fingerprint density at radius 1 is 0.373 bits per heavy atom. The molecule has 0 unspecified atom stereocenters. The molecular weight excluding hydrogens is 619 g/mol. The Hall–Kier alpha value is -6.64. The molecule has 0 amide bonds. The van der Waals surface area contributed by atoms with E-state index in [1.54, 1.807) is 0 Å². The van der Waals surface area contributed by atoms with Crippen LogP contribution in [0.3, 0.4) is 0 Å². The van der Waals surface area contributed by atoms with Crippen LogP contribution < -0.4 is 0 Å². The molecule has 0 fully saturated rings. The number of nitrogens with zero attached hydrogens (tertiary/aromatic N) is 1. The van der Waals surface area contributed by atoms with E-state index in [1.807, 2.05) is 0 Å². The predicted molar refractivity (Wildman–Crippen MR) is 211 cm³/mol. The Kier molecular flexibility index (Phi) is 5.91. The Morgan fingerprint density at radius 3 is 1.76 bits per heavy atom. The van der Waals surface area contributed by atoms with Gasteiger partial charge in [0.2, 0.25) is 0 Å². The van der Waals surface area contributed by atoms with Crippen molar-refractivity contribution in [2.45, 2.75) is 5.41 Å². The summed E-state index contributed by atoms with van der Waals surface area (Å²) in [6.45, 7) is 0. The molecule has 0 saturated heterocycles. The molecule has 1 aliphatic rings. The molecule has 10 aromatic rings. The van der Waals surface area contributed by atoms with E-state index >= 15 is 0 Å². The second-order valence-electron chi connectivity index (χ2n) is 13.7. The molecule has 0 radical (unpaired) electrons. The number of rotatable bonds is 4. The molecule has 0 aliphatic heterocycles. The average molecular weight is 650 g/mol. The van der Waals surface area contributed by atoms with E-state index in [0.29, 0.717) is 0 Å². The van der Waals surface area contributed by atoms with E-state index in [4.69, 9.17) is 4.42 Å². The average Bonchev–Trinajstić information content (AvgIpc) is 3.83. The first-order chi connectivity index (χ1) is 25.3.